The molecule has 0 spiro atoms. The Morgan fingerprint density at radius 1 is 1.15 bits per heavy atom. The van der Waals surface area contributed by atoms with Gasteiger partial charge < -0.3 is 9.47 Å². The molecule has 0 amide bonds. The van der Waals surface area contributed by atoms with Crippen molar-refractivity contribution in [2.75, 3.05) is 6.61 Å². The summed E-state index contributed by atoms with van der Waals surface area (Å²) in [6.45, 7) is 4.70. The standard InChI is InChI=1S/C21H21FN2O3/c1-3-4-11-26-21-14(2)19(23-18-8-6-5-7-16(18)21)13-27-20-12-15(24-25)9-10-17(20)22/h5-10,12H,3-4,11,13H2,1-2H3. The van der Waals surface area contributed by atoms with Crippen LogP contribution in [0.4, 0.5) is 10.1 Å². The van der Waals surface area contributed by atoms with Crippen LogP contribution in [0, 0.1) is 17.6 Å². The van der Waals surface area contributed by atoms with E-state index < -0.39 is 5.82 Å². The molecule has 3 aromatic rings. The summed E-state index contributed by atoms with van der Waals surface area (Å²) in [6, 6.07) is 11.5. The molecule has 0 saturated heterocycles. The maximum Gasteiger partial charge on any atom is 0.165 e. The lowest BCUT2D eigenvalue weighted by Gasteiger charge is -2.16. The largest absolute Gasteiger partial charge is 0.493 e. The van der Waals surface area contributed by atoms with Gasteiger partial charge in [0.05, 0.1) is 17.8 Å². The van der Waals surface area contributed by atoms with Gasteiger partial charge in [0, 0.05) is 17.0 Å². The Labute approximate surface area is 157 Å². The van der Waals surface area contributed by atoms with Crippen LogP contribution in [0.1, 0.15) is 31.0 Å². The van der Waals surface area contributed by atoms with Crippen molar-refractivity contribution in [2.45, 2.75) is 33.3 Å². The number of benzene rings is 2. The molecule has 3 rings (SSSR count). The second-order valence-electron chi connectivity index (χ2n) is 6.23. The zero-order valence-electron chi connectivity index (χ0n) is 15.4. The highest BCUT2D eigenvalue weighted by Gasteiger charge is 2.14. The summed E-state index contributed by atoms with van der Waals surface area (Å²) in [4.78, 5) is 15.3. The van der Waals surface area contributed by atoms with Crippen LogP contribution in [0.3, 0.4) is 0 Å². The number of unbranched alkanes of at least 4 members (excludes halogenated alkanes) is 1. The number of para-hydroxylation sites is 1. The molecule has 140 valence electrons. The number of nitrogens with zero attached hydrogens (tertiary/aromatic N) is 2. The maximum absolute atomic E-state index is 13.9. The Morgan fingerprint density at radius 3 is 2.74 bits per heavy atom. The van der Waals surface area contributed by atoms with E-state index in [9.17, 15) is 9.30 Å². The molecule has 1 heterocycles. The van der Waals surface area contributed by atoms with Crippen LogP contribution in [-0.2, 0) is 6.61 Å². The third-order valence-corrected chi connectivity index (χ3v) is 4.31. The summed E-state index contributed by atoms with van der Waals surface area (Å²) in [5, 5.41) is 3.75. The van der Waals surface area contributed by atoms with Crippen LogP contribution in [0.5, 0.6) is 11.5 Å². The van der Waals surface area contributed by atoms with Gasteiger partial charge in [0.25, 0.3) is 0 Å². The number of hydrogen-bond donors (Lipinski definition) is 0. The summed E-state index contributed by atoms with van der Waals surface area (Å²) >= 11 is 0. The van der Waals surface area contributed by atoms with Gasteiger partial charge in [0.2, 0.25) is 0 Å². The van der Waals surface area contributed by atoms with E-state index in [0.717, 1.165) is 41.1 Å². The molecule has 0 saturated carbocycles. The van der Waals surface area contributed by atoms with E-state index in [1.807, 2.05) is 31.2 Å². The van der Waals surface area contributed by atoms with E-state index in [0.29, 0.717) is 12.3 Å². The Bertz CT molecular complexity index is 960. The highest BCUT2D eigenvalue weighted by molar-refractivity contribution is 5.86. The molecule has 6 heteroatoms. The highest BCUT2D eigenvalue weighted by atomic mass is 19.1. The lowest BCUT2D eigenvalue weighted by Crippen LogP contribution is -2.06. The molecule has 5 nitrogen and oxygen atoms in total. The molecule has 0 aliphatic carbocycles. The summed E-state index contributed by atoms with van der Waals surface area (Å²) in [5.74, 6) is 0.187. The van der Waals surface area contributed by atoms with E-state index in [4.69, 9.17) is 9.47 Å². The predicted molar refractivity (Wildman–Crippen MR) is 103 cm³/mol. The van der Waals surface area contributed by atoms with Crippen LogP contribution >= 0.6 is 0 Å². The van der Waals surface area contributed by atoms with Crippen molar-refractivity contribution in [3.8, 4) is 11.5 Å². The first-order valence-electron chi connectivity index (χ1n) is 8.90. The zero-order chi connectivity index (χ0) is 19.2. The highest BCUT2D eigenvalue weighted by Crippen LogP contribution is 2.32. The average Bonchev–Trinajstić information content (AvgIpc) is 2.69. The van der Waals surface area contributed by atoms with Crippen molar-refractivity contribution in [1.82, 2.24) is 4.98 Å². The number of ether oxygens (including phenoxy) is 2. The van der Waals surface area contributed by atoms with Gasteiger partial charge >= 0.3 is 0 Å². The molecule has 0 unspecified atom stereocenters. The van der Waals surface area contributed by atoms with Crippen molar-refractivity contribution in [3.63, 3.8) is 0 Å². The van der Waals surface area contributed by atoms with Crippen molar-refractivity contribution >= 4 is 16.6 Å². The van der Waals surface area contributed by atoms with Crippen molar-refractivity contribution in [2.24, 2.45) is 5.18 Å². The summed E-state index contributed by atoms with van der Waals surface area (Å²) in [5.41, 5.74) is 2.41. The van der Waals surface area contributed by atoms with Crippen molar-refractivity contribution < 1.29 is 13.9 Å². The minimum Gasteiger partial charge on any atom is -0.493 e. The first-order chi connectivity index (χ1) is 13.1. The van der Waals surface area contributed by atoms with Crippen LogP contribution < -0.4 is 9.47 Å². The molecular weight excluding hydrogens is 347 g/mol. The Morgan fingerprint density at radius 2 is 1.96 bits per heavy atom. The third-order valence-electron chi connectivity index (χ3n) is 4.31. The summed E-state index contributed by atoms with van der Waals surface area (Å²) in [7, 11) is 0. The van der Waals surface area contributed by atoms with Gasteiger partial charge in [-0.25, -0.2) is 9.37 Å². The predicted octanol–water partition coefficient (Wildman–Crippen LogP) is 5.84. The van der Waals surface area contributed by atoms with Gasteiger partial charge in [0.15, 0.2) is 11.6 Å². The van der Waals surface area contributed by atoms with Crippen molar-refractivity contribution in [1.29, 1.82) is 0 Å². The fourth-order valence-corrected chi connectivity index (χ4v) is 2.78. The van der Waals surface area contributed by atoms with E-state index in [-0.39, 0.29) is 18.0 Å². The Kier molecular flexibility index (Phi) is 5.96. The summed E-state index contributed by atoms with van der Waals surface area (Å²) < 4.78 is 25.5. The number of rotatable bonds is 8. The fourth-order valence-electron chi connectivity index (χ4n) is 2.78. The van der Waals surface area contributed by atoms with E-state index in [1.165, 1.54) is 12.1 Å². The van der Waals surface area contributed by atoms with Crippen LogP contribution in [0.15, 0.2) is 47.6 Å². The number of halogens is 1. The lowest BCUT2D eigenvalue weighted by molar-refractivity contribution is 0.281. The van der Waals surface area contributed by atoms with E-state index in [1.54, 1.807) is 0 Å². The fraction of sp³-hybridized carbons (Fsp3) is 0.286. The molecular formula is C21H21FN2O3. The molecule has 0 aliphatic rings. The first-order valence-corrected chi connectivity index (χ1v) is 8.90. The number of hydrogen-bond acceptors (Lipinski definition) is 5. The molecule has 2 aromatic carbocycles. The smallest absolute Gasteiger partial charge is 0.165 e. The quantitative estimate of drug-likeness (QED) is 0.370. The Balaban J connectivity index is 1.92. The normalized spacial score (nSPS) is 10.8. The topological polar surface area (TPSA) is 60.8 Å². The average molecular weight is 368 g/mol. The Hall–Kier alpha value is -3.02. The van der Waals surface area contributed by atoms with Gasteiger partial charge in [-0.15, -0.1) is 4.91 Å². The minimum atomic E-state index is -0.555. The SMILES string of the molecule is CCCCOc1c(C)c(COc2cc(N=O)ccc2F)nc2ccccc12. The molecule has 27 heavy (non-hydrogen) atoms. The van der Waals surface area contributed by atoms with Gasteiger partial charge in [-0.3, -0.25) is 0 Å². The summed E-state index contributed by atoms with van der Waals surface area (Å²) in [6.07, 6.45) is 2.00. The van der Waals surface area contributed by atoms with Gasteiger partial charge in [-0.05, 0) is 42.8 Å². The molecule has 1 aromatic heterocycles. The zero-order valence-corrected chi connectivity index (χ0v) is 15.4. The monoisotopic (exact) mass is 368 g/mol. The number of aromatic nitrogens is 1. The second-order valence-corrected chi connectivity index (χ2v) is 6.23. The second kappa shape index (κ2) is 8.58. The molecule has 0 fully saturated rings. The van der Waals surface area contributed by atoms with Gasteiger partial charge in [0.1, 0.15) is 18.0 Å². The maximum atomic E-state index is 13.9. The van der Waals surface area contributed by atoms with Gasteiger partial charge in [-0.2, -0.15) is 0 Å². The molecule has 0 aliphatic heterocycles. The molecule has 0 radical (unpaired) electrons. The third kappa shape index (κ3) is 4.22. The first kappa shape index (κ1) is 18.8. The molecule has 0 bridgehead atoms. The van der Waals surface area contributed by atoms with E-state index in [2.05, 4.69) is 17.1 Å². The van der Waals surface area contributed by atoms with Gasteiger partial charge in [-0.1, -0.05) is 25.5 Å². The molecule has 0 atom stereocenters. The number of nitroso groups, excluding NO2 is 1. The minimum absolute atomic E-state index is 0.0325. The lowest BCUT2D eigenvalue weighted by atomic mass is 10.1. The van der Waals surface area contributed by atoms with Crippen LogP contribution in [0.2, 0.25) is 0 Å². The number of pyridine rings is 1. The van der Waals surface area contributed by atoms with Crippen LogP contribution in [0.25, 0.3) is 10.9 Å². The number of fused-ring (bicyclic) bond motifs is 1. The van der Waals surface area contributed by atoms with E-state index >= 15 is 0 Å². The van der Waals surface area contributed by atoms with Crippen molar-refractivity contribution in [3.05, 3.63) is 64.4 Å². The van der Waals surface area contributed by atoms with Crippen LogP contribution in [-0.4, -0.2) is 11.6 Å². The molecule has 0 N–H and O–H groups in total.